The minimum atomic E-state index is -0.778. The van der Waals surface area contributed by atoms with Crippen LogP contribution >= 0.6 is 0 Å². The molecule has 0 amide bonds. The van der Waals surface area contributed by atoms with Gasteiger partial charge in [-0.15, -0.1) is 0 Å². The monoisotopic (exact) mass is 1150 g/mol. The predicted molar refractivity (Wildman–Crippen MR) is 358 cm³/mol. The number of carbonyl (C=O) groups excluding carboxylic acids is 3. The minimum absolute atomic E-state index is 0.0728. The maximum atomic E-state index is 13.0. The van der Waals surface area contributed by atoms with Crippen LogP contribution in [-0.2, 0) is 28.6 Å². The van der Waals surface area contributed by atoms with Gasteiger partial charge in [-0.1, -0.05) is 359 Å². The second kappa shape index (κ2) is 71.1. The van der Waals surface area contributed by atoms with Gasteiger partial charge < -0.3 is 14.2 Å². The highest BCUT2D eigenvalue weighted by atomic mass is 16.6. The van der Waals surface area contributed by atoms with Crippen LogP contribution in [0.1, 0.15) is 412 Å². The molecule has 0 N–H and O–H groups in total. The highest BCUT2D eigenvalue weighted by molar-refractivity contribution is 5.71. The molecule has 0 saturated heterocycles. The molecule has 0 bridgehead atoms. The number of unbranched alkanes of at least 4 members (excludes halogenated alkanes) is 52. The van der Waals surface area contributed by atoms with Crippen molar-refractivity contribution in [2.45, 2.75) is 419 Å². The van der Waals surface area contributed by atoms with Gasteiger partial charge >= 0.3 is 17.9 Å². The fraction of sp³-hybridized carbons (Fsp3) is 0.882. The molecule has 0 aromatic heterocycles. The van der Waals surface area contributed by atoms with Gasteiger partial charge in [-0.3, -0.25) is 14.4 Å². The molecule has 0 aliphatic carbocycles. The molecule has 0 heterocycles. The van der Waals surface area contributed by atoms with Crippen LogP contribution < -0.4 is 0 Å². The van der Waals surface area contributed by atoms with Gasteiger partial charge in [0, 0.05) is 19.3 Å². The van der Waals surface area contributed by atoms with E-state index in [1.54, 1.807) is 0 Å². The lowest BCUT2D eigenvalue weighted by atomic mass is 10.0. The molecule has 0 aromatic carbocycles. The third kappa shape index (κ3) is 68.4. The summed E-state index contributed by atoms with van der Waals surface area (Å²) in [6.07, 6.45) is 89.1. The lowest BCUT2D eigenvalue weighted by Gasteiger charge is -2.18. The van der Waals surface area contributed by atoms with Crippen molar-refractivity contribution in [1.82, 2.24) is 0 Å². The molecule has 0 aromatic rings. The van der Waals surface area contributed by atoms with E-state index in [1.807, 2.05) is 0 Å². The molecule has 0 aliphatic heterocycles. The average molecular weight is 1150 g/mol. The zero-order valence-corrected chi connectivity index (χ0v) is 55.5. The number of hydrogen-bond donors (Lipinski definition) is 0. The smallest absolute Gasteiger partial charge is 0.306 e. The van der Waals surface area contributed by atoms with Gasteiger partial charge in [0.25, 0.3) is 0 Å². The fourth-order valence-electron chi connectivity index (χ4n) is 11.3. The van der Waals surface area contributed by atoms with E-state index >= 15 is 0 Å². The molecular weight excluding hydrogens is 1010 g/mol. The molecule has 0 rings (SSSR count). The summed E-state index contributed by atoms with van der Waals surface area (Å²) < 4.78 is 17.0. The first-order valence-corrected chi connectivity index (χ1v) is 37.0. The van der Waals surface area contributed by atoms with Crippen molar-refractivity contribution < 1.29 is 28.6 Å². The molecule has 0 spiro atoms. The quantitative estimate of drug-likeness (QED) is 0.0261. The van der Waals surface area contributed by atoms with Crippen LogP contribution in [0.3, 0.4) is 0 Å². The summed E-state index contributed by atoms with van der Waals surface area (Å²) in [5.41, 5.74) is 0. The Balaban J connectivity index is 4.20. The van der Waals surface area contributed by atoms with Gasteiger partial charge in [-0.25, -0.2) is 0 Å². The maximum absolute atomic E-state index is 13.0. The third-order valence-electron chi connectivity index (χ3n) is 16.9. The summed E-state index contributed by atoms with van der Waals surface area (Å²) in [5, 5.41) is 0. The number of carbonyl (C=O) groups is 3. The predicted octanol–water partition coefficient (Wildman–Crippen LogP) is 25.5. The van der Waals surface area contributed by atoms with Crippen LogP contribution in [0.5, 0.6) is 0 Å². The topological polar surface area (TPSA) is 78.9 Å². The van der Waals surface area contributed by atoms with Crippen LogP contribution in [0.25, 0.3) is 0 Å². The van der Waals surface area contributed by atoms with E-state index in [4.69, 9.17) is 14.2 Å². The first kappa shape index (κ1) is 79.6. The molecule has 1 unspecified atom stereocenters. The summed E-state index contributed by atoms with van der Waals surface area (Å²) in [7, 11) is 0. The maximum Gasteiger partial charge on any atom is 0.306 e. The van der Waals surface area contributed by atoms with Crippen LogP contribution in [0, 0.1) is 0 Å². The van der Waals surface area contributed by atoms with Crippen molar-refractivity contribution in [2.75, 3.05) is 13.2 Å². The molecule has 0 aliphatic rings. The highest BCUT2D eigenvalue weighted by Gasteiger charge is 2.19. The van der Waals surface area contributed by atoms with E-state index in [9.17, 15) is 14.4 Å². The van der Waals surface area contributed by atoms with Crippen LogP contribution in [0.4, 0.5) is 0 Å². The van der Waals surface area contributed by atoms with Gasteiger partial charge in [0.15, 0.2) is 6.10 Å². The number of esters is 3. The fourth-order valence-corrected chi connectivity index (χ4v) is 11.3. The molecule has 0 radical (unpaired) electrons. The van der Waals surface area contributed by atoms with E-state index in [0.29, 0.717) is 19.3 Å². The summed E-state index contributed by atoms with van der Waals surface area (Å²) >= 11 is 0. The summed E-state index contributed by atoms with van der Waals surface area (Å²) in [5.74, 6) is -0.860. The first-order valence-electron chi connectivity index (χ1n) is 37.0. The largest absolute Gasteiger partial charge is 0.462 e. The van der Waals surface area contributed by atoms with Gasteiger partial charge in [0.1, 0.15) is 13.2 Å². The number of ether oxygens (including phenoxy) is 3. The molecule has 1 atom stereocenters. The molecule has 0 fully saturated rings. The number of hydrogen-bond acceptors (Lipinski definition) is 6. The van der Waals surface area contributed by atoms with Crippen molar-refractivity contribution >= 4 is 17.9 Å². The Morgan fingerprint density at radius 3 is 0.720 bits per heavy atom. The standard InChI is InChI=1S/C76H142O6/c1-4-7-10-13-16-19-22-25-28-30-32-34-35-36-37-38-39-40-41-43-44-46-48-51-54-57-60-63-66-69-75(78)81-72-73(71-80-74(77)68-65-62-59-56-53-50-27-24-21-18-15-12-9-6-3)82-76(79)70-67-64-61-58-55-52-49-47-45-42-33-31-29-26-23-20-17-14-11-8-5-2/h15,18,24,27,31,33,73H,4-14,16-17,19-23,25-26,28-30,32,34-72H2,1-3H3/b18-15-,27-24-,33-31-. The lowest BCUT2D eigenvalue weighted by molar-refractivity contribution is -0.167. The molecule has 482 valence electrons. The van der Waals surface area contributed by atoms with E-state index in [-0.39, 0.29) is 31.1 Å². The van der Waals surface area contributed by atoms with Gasteiger partial charge in [0.2, 0.25) is 0 Å². The normalized spacial score (nSPS) is 12.2. The Kier molecular flexibility index (Phi) is 69.1. The second-order valence-corrected chi connectivity index (χ2v) is 25.2. The van der Waals surface area contributed by atoms with Gasteiger partial charge in [-0.2, -0.15) is 0 Å². The third-order valence-corrected chi connectivity index (χ3v) is 16.9. The lowest BCUT2D eigenvalue weighted by Crippen LogP contribution is -2.30. The SMILES string of the molecule is CCCC/C=C\C/C=C\CCCCCCCC(=O)OCC(COC(=O)CCCCCCCCCCCCCCCCCCCCCCCCCCCCCCC)OC(=O)CCCCCCCCCCC/C=C\CCCCCCCCCC. The zero-order chi connectivity index (χ0) is 59.2. The first-order chi connectivity index (χ1) is 40.5. The molecule has 6 heteroatoms. The van der Waals surface area contributed by atoms with E-state index in [0.717, 1.165) is 77.0 Å². The summed E-state index contributed by atoms with van der Waals surface area (Å²) in [6, 6.07) is 0. The Bertz CT molecular complexity index is 1370. The minimum Gasteiger partial charge on any atom is -0.462 e. The average Bonchev–Trinajstić information content (AvgIpc) is 3.48. The van der Waals surface area contributed by atoms with E-state index in [2.05, 4.69) is 57.2 Å². The molecule has 6 nitrogen and oxygen atoms in total. The van der Waals surface area contributed by atoms with Crippen molar-refractivity contribution in [2.24, 2.45) is 0 Å². The van der Waals surface area contributed by atoms with Crippen molar-refractivity contribution in [3.05, 3.63) is 36.5 Å². The number of rotatable bonds is 69. The zero-order valence-electron chi connectivity index (χ0n) is 55.5. The van der Waals surface area contributed by atoms with Crippen LogP contribution in [0.15, 0.2) is 36.5 Å². The summed E-state index contributed by atoms with van der Waals surface area (Å²) in [6.45, 7) is 6.67. The Hall–Kier alpha value is -2.37. The molecular formula is C76H142O6. The van der Waals surface area contributed by atoms with E-state index in [1.165, 1.54) is 295 Å². The molecule has 82 heavy (non-hydrogen) atoms. The van der Waals surface area contributed by atoms with Crippen molar-refractivity contribution in [3.8, 4) is 0 Å². The Labute approximate surface area is 512 Å². The van der Waals surface area contributed by atoms with Gasteiger partial charge in [0.05, 0.1) is 0 Å². The number of allylic oxidation sites excluding steroid dienone is 6. The Morgan fingerprint density at radius 2 is 0.451 bits per heavy atom. The second-order valence-electron chi connectivity index (χ2n) is 25.2. The van der Waals surface area contributed by atoms with Crippen LogP contribution in [0.2, 0.25) is 0 Å². The van der Waals surface area contributed by atoms with Crippen molar-refractivity contribution in [1.29, 1.82) is 0 Å². The van der Waals surface area contributed by atoms with Crippen molar-refractivity contribution in [3.63, 3.8) is 0 Å². The highest BCUT2D eigenvalue weighted by Crippen LogP contribution is 2.19. The summed E-state index contributed by atoms with van der Waals surface area (Å²) in [4.78, 5) is 38.5. The van der Waals surface area contributed by atoms with Gasteiger partial charge in [-0.05, 0) is 70.6 Å². The Morgan fingerprint density at radius 1 is 0.244 bits per heavy atom. The van der Waals surface area contributed by atoms with E-state index < -0.39 is 6.10 Å². The van der Waals surface area contributed by atoms with Crippen LogP contribution in [-0.4, -0.2) is 37.2 Å². The molecule has 0 saturated carbocycles.